The van der Waals surface area contributed by atoms with Crippen molar-refractivity contribution in [3.05, 3.63) is 260 Å². The van der Waals surface area contributed by atoms with E-state index in [1.807, 2.05) is 11.3 Å². The summed E-state index contributed by atoms with van der Waals surface area (Å²) in [5, 5.41) is 5.06. The van der Waals surface area contributed by atoms with E-state index in [2.05, 4.69) is 267 Å². The molecule has 1 nitrogen and oxygen atoms in total. The van der Waals surface area contributed by atoms with Gasteiger partial charge in [-0.3, -0.25) is 0 Å². The van der Waals surface area contributed by atoms with Gasteiger partial charge < -0.3 is 4.57 Å². The molecule has 0 spiro atoms. The summed E-state index contributed by atoms with van der Waals surface area (Å²) in [6.45, 7) is 4.74. The molecule has 0 radical (unpaired) electrons. The number of nitrogens with zero attached hydrogens (tertiary/aromatic N) is 1. The molecule has 14 rings (SSSR count). The van der Waals surface area contributed by atoms with Crippen molar-refractivity contribution in [1.82, 2.24) is 4.57 Å². The van der Waals surface area contributed by atoms with E-state index in [0.29, 0.717) is 0 Å². The zero-order chi connectivity index (χ0) is 47.2. The monoisotopic (exact) mass is 921 g/mol. The molecule has 0 fully saturated rings. The van der Waals surface area contributed by atoms with Gasteiger partial charge in [0.05, 0.1) is 11.0 Å². The highest BCUT2D eigenvalue weighted by atomic mass is 32.1. The average Bonchev–Trinajstić information content (AvgIpc) is 4.06. The van der Waals surface area contributed by atoms with Crippen LogP contribution in [0.4, 0.5) is 0 Å². The molecule has 2 heterocycles. The van der Waals surface area contributed by atoms with Crippen LogP contribution in [0, 0.1) is 0 Å². The molecule has 2 aromatic heterocycles. The predicted octanol–water partition coefficient (Wildman–Crippen LogP) is 19.5. The lowest BCUT2D eigenvalue weighted by atomic mass is 9.81. The van der Waals surface area contributed by atoms with E-state index in [9.17, 15) is 0 Å². The molecule has 0 saturated carbocycles. The quantitative estimate of drug-likeness (QED) is 0.150. The van der Waals surface area contributed by atoms with Crippen molar-refractivity contribution >= 4 is 53.3 Å². The lowest BCUT2D eigenvalue weighted by molar-refractivity contribution is 0.660. The highest BCUT2D eigenvalue weighted by molar-refractivity contribution is 7.26. The second-order valence-electron chi connectivity index (χ2n) is 19.7. The summed E-state index contributed by atoms with van der Waals surface area (Å²) < 4.78 is 5.04. The fourth-order valence-corrected chi connectivity index (χ4v) is 12.8. The van der Waals surface area contributed by atoms with E-state index in [4.69, 9.17) is 0 Å². The summed E-state index contributed by atoms with van der Waals surface area (Å²) in [4.78, 5) is 0. The molecular formula is C69H47NS. The summed E-state index contributed by atoms with van der Waals surface area (Å²) in [5.74, 6) is 0. The van der Waals surface area contributed by atoms with E-state index < -0.39 is 0 Å². The molecule has 0 saturated heterocycles. The van der Waals surface area contributed by atoms with Gasteiger partial charge in [-0.15, -0.1) is 11.3 Å². The van der Waals surface area contributed by atoms with Crippen LogP contribution in [0.3, 0.4) is 0 Å². The molecule has 11 aromatic carbocycles. The molecule has 13 aromatic rings. The first kappa shape index (κ1) is 41.4. The number of aromatic nitrogens is 1. The Hall–Kier alpha value is -8.56. The van der Waals surface area contributed by atoms with Crippen LogP contribution >= 0.6 is 11.3 Å². The minimum atomic E-state index is -0.0557. The first-order chi connectivity index (χ1) is 34.9. The van der Waals surface area contributed by atoms with Crippen LogP contribution in [0.15, 0.2) is 249 Å². The topological polar surface area (TPSA) is 4.93 Å². The summed E-state index contributed by atoms with van der Waals surface area (Å²) in [7, 11) is 0. The van der Waals surface area contributed by atoms with Crippen molar-refractivity contribution in [2.24, 2.45) is 0 Å². The van der Waals surface area contributed by atoms with Gasteiger partial charge in [-0.1, -0.05) is 184 Å². The second kappa shape index (κ2) is 16.3. The molecule has 2 heteroatoms. The fraction of sp³-hybridized carbons (Fsp3) is 0.0435. The molecule has 1 aliphatic carbocycles. The number of hydrogen-bond donors (Lipinski definition) is 0. The molecule has 334 valence electrons. The maximum Gasteiger partial charge on any atom is 0.0541 e. The van der Waals surface area contributed by atoms with Gasteiger partial charge in [0.1, 0.15) is 0 Å². The third-order valence-electron chi connectivity index (χ3n) is 15.2. The Labute approximate surface area is 418 Å². The van der Waals surface area contributed by atoms with Crippen LogP contribution in [0.2, 0.25) is 0 Å². The van der Waals surface area contributed by atoms with Gasteiger partial charge in [0.15, 0.2) is 0 Å². The Balaban J connectivity index is 0.934. The summed E-state index contributed by atoms with van der Waals surface area (Å²) >= 11 is 1.91. The smallest absolute Gasteiger partial charge is 0.0541 e. The standard InChI is InChI=1S/C69H47NS/c1-69(2)63-27-13-12-24-57(63)58-32-28-51(43-64(58)69)56-25-15-26-59-62-42-50(31-35-67(62)71-68(56)59)54-38-52(47-21-14-20-46(36-47)44-16-6-3-7-17-44)37-53(39-54)49-30-34-66-61(41-49)60-40-48(45-18-8-4-9-19-45)29-33-65(60)70(66)55-22-10-5-11-23-55/h3-43H,1-2H3. The van der Waals surface area contributed by atoms with Crippen LogP contribution in [0.1, 0.15) is 25.0 Å². The first-order valence-electron chi connectivity index (χ1n) is 24.6. The van der Waals surface area contributed by atoms with Crippen molar-refractivity contribution < 1.29 is 0 Å². The fourth-order valence-electron chi connectivity index (χ4n) is 11.6. The van der Waals surface area contributed by atoms with Crippen LogP contribution in [0.5, 0.6) is 0 Å². The van der Waals surface area contributed by atoms with E-state index >= 15 is 0 Å². The largest absolute Gasteiger partial charge is 0.309 e. The summed E-state index contributed by atoms with van der Waals surface area (Å²) in [6, 6.07) is 92.4. The van der Waals surface area contributed by atoms with Gasteiger partial charge in [0.2, 0.25) is 0 Å². The number of hydrogen-bond acceptors (Lipinski definition) is 1. The van der Waals surface area contributed by atoms with Gasteiger partial charge in [-0.2, -0.15) is 0 Å². The Morgan fingerprint density at radius 1 is 0.296 bits per heavy atom. The van der Waals surface area contributed by atoms with Gasteiger partial charge in [-0.25, -0.2) is 0 Å². The van der Waals surface area contributed by atoms with Crippen molar-refractivity contribution in [3.63, 3.8) is 0 Å². The molecule has 0 aliphatic heterocycles. The van der Waals surface area contributed by atoms with Crippen LogP contribution in [-0.2, 0) is 5.41 Å². The van der Waals surface area contributed by atoms with Crippen LogP contribution < -0.4 is 0 Å². The van der Waals surface area contributed by atoms with Crippen molar-refractivity contribution in [2.45, 2.75) is 19.3 Å². The summed E-state index contributed by atoms with van der Waals surface area (Å²) in [6.07, 6.45) is 0. The zero-order valence-electron chi connectivity index (χ0n) is 39.5. The number of thiophene rings is 1. The molecule has 1 aliphatic rings. The van der Waals surface area contributed by atoms with Crippen molar-refractivity contribution in [3.8, 4) is 83.6 Å². The predicted molar refractivity (Wildman–Crippen MR) is 304 cm³/mol. The molecule has 0 unspecified atom stereocenters. The molecule has 71 heavy (non-hydrogen) atoms. The number of para-hydroxylation sites is 1. The minimum absolute atomic E-state index is 0.0557. The highest BCUT2D eigenvalue weighted by Crippen LogP contribution is 2.51. The number of benzene rings is 11. The Morgan fingerprint density at radius 2 is 0.761 bits per heavy atom. The van der Waals surface area contributed by atoms with E-state index in [1.54, 1.807) is 0 Å². The van der Waals surface area contributed by atoms with Crippen LogP contribution in [0.25, 0.3) is 126 Å². The molecule has 0 amide bonds. The second-order valence-corrected chi connectivity index (χ2v) is 20.7. The summed E-state index contributed by atoms with van der Waals surface area (Å²) in [5.41, 5.74) is 23.6. The molecule has 0 bridgehead atoms. The van der Waals surface area contributed by atoms with E-state index in [1.165, 1.54) is 131 Å². The zero-order valence-corrected chi connectivity index (χ0v) is 40.3. The highest BCUT2D eigenvalue weighted by Gasteiger charge is 2.35. The van der Waals surface area contributed by atoms with Crippen LogP contribution in [-0.4, -0.2) is 4.57 Å². The maximum atomic E-state index is 2.46. The van der Waals surface area contributed by atoms with Gasteiger partial charge >= 0.3 is 0 Å². The van der Waals surface area contributed by atoms with Gasteiger partial charge in [0.25, 0.3) is 0 Å². The Bertz CT molecular complexity index is 4230. The minimum Gasteiger partial charge on any atom is -0.309 e. The SMILES string of the molecule is CC1(C)c2ccccc2-c2ccc(-c3cccc4c3sc3ccc(-c5cc(-c6cccc(-c7ccccc7)c6)cc(-c6ccc7c(c6)c6cc(-c8ccccc8)ccc6n7-c6ccccc6)c5)cc34)cc21. The molecule has 0 N–H and O–H groups in total. The van der Waals surface area contributed by atoms with Gasteiger partial charge in [-0.05, 0) is 168 Å². The third kappa shape index (κ3) is 6.82. The maximum absolute atomic E-state index is 2.46. The van der Waals surface area contributed by atoms with E-state index in [-0.39, 0.29) is 5.41 Å². The lowest BCUT2D eigenvalue weighted by Gasteiger charge is -2.22. The molecule has 0 atom stereocenters. The normalized spacial score (nSPS) is 12.8. The molecular weight excluding hydrogens is 875 g/mol. The Morgan fingerprint density at radius 3 is 1.42 bits per heavy atom. The van der Waals surface area contributed by atoms with E-state index in [0.717, 1.165) is 5.69 Å². The first-order valence-corrected chi connectivity index (χ1v) is 25.5. The average molecular weight is 922 g/mol. The van der Waals surface area contributed by atoms with Crippen molar-refractivity contribution in [2.75, 3.05) is 0 Å². The van der Waals surface area contributed by atoms with Crippen molar-refractivity contribution in [1.29, 1.82) is 0 Å². The number of fused-ring (bicyclic) bond motifs is 9. The lowest BCUT2D eigenvalue weighted by Crippen LogP contribution is -2.14. The Kier molecular flexibility index (Phi) is 9.49. The van der Waals surface area contributed by atoms with Gasteiger partial charge in [0, 0.05) is 42.0 Å². The number of rotatable bonds is 7. The third-order valence-corrected chi connectivity index (χ3v) is 16.4.